The summed E-state index contributed by atoms with van der Waals surface area (Å²) >= 11 is 12.8. The van der Waals surface area contributed by atoms with Crippen molar-refractivity contribution in [3.8, 4) is 0 Å². The van der Waals surface area contributed by atoms with E-state index in [0.29, 0.717) is 46.9 Å². The highest BCUT2D eigenvalue weighted by atomic mass is 35.5. The van der Waals surface area contributed by atoms with Crippen molar-refractivity contribution >= 4 is 49.9 Å². The van der Waals surface area contributed by atoms with Gasteiger partial charge in [-0.3, -0.25) is 4.68 Å². The largest absolute Gasteiger partial charge is 0.468 e. The molecule has 0 saturated carbocycles. The Balaban J connectivity index is 2.12. The van der Waals surface area contributed by atoms with Crippen LogP contribution in [-0.4, -0.2) is 42.6 Å². The Bertz CT molecular complexity index is 1350. The zero-order chi connectivity index (χ0) is 25.8. The smallest absolute Gasteiger partial charge is 0.243 e. The molecule has 0 saturated heterocycles. The molecule has 35 heavy (non-hydrogen) atoms. The van der Waals surface area contributed by atoms with Gasteiger partial charge in [0, 0.05) is 41.2 Å². The lowest BCUT2D eigenvalue weighted by Gasteiger charge is -2.19. The number of hydrogen-bond acceptors (Lipinski definition) is 5. The van der Waals surface area contributed by atoms with Gasteiger partial charge >= 0.3 is 0 Å². The monoisotopic (exact) mass is 536 g/mol. The third-order valence-corrected chi connectivity index (χ3v) is 8.09. The molecule has 0 aliphatic carbocycles. The molecule has 7 nitrogen and oxygen atoms in total. The molecule has 0 spiro atoms. The van der Waals surface area contributed by atoms with Crippen molar-refractivity contribution in [1.29, 1.82) is 0 Å². The van der Waals surface area contributed by atoms with Crippen LogP contribution in [0.3, 0.4) is 0 Å². The zero-order valence-corrected chi connectivity index (χ0v) is 22.7. The second-order valence-electron chi connectivity index (χ2n) is 7.94. The number of aromatic nitrogens is 2. The maximum atomic E-state index is 13.3. The maximum absolute atomic E-state index is 13.3. The number of nitrogens with zero attached hydrogens (tertiary/aromatic N) is 4. The molecule has 0 aliphatic rings. The maximum Gasteiger partial charge on any atom is 0.243 e. The van der Waals surface area contributed by atoms with Gasteiger partial charge in [0.25, 0.3) is 0 Å². The summed E-state index contributed by atoms with van der Waals surface area (Å²) in [6.45, 7) is 11.4. The lowest BCUT2D eigenvalue weighted by molar-refractivity contribution is 0.406. The number of benzene rings is 1. The first-order valence-electron chi connectivity index (χ1n) is 11.2. The van der Waals surface area contributed by atoms with Crippen molar-refractivity contribution < 1.29 is 12.8 Å². The number of sulfonamides is 1. The predicted octanol–water partition coefficient (Wildman–Crippen LogP) is 6.12. The summed E-state index contributed by atoms with van der Waals surface area (Å²) in [5, 5.41) is 6.59. The minimum atomic E-state index is -3.76. The van der Waals surface area contributed by atoms with Crippen LogP contribution in [0.4, 0.5) is 5.82 Å². The summed E-state index contributed by atoms with van der Waals surface area (Å²) in [6.07, 6.45) is 4.80. The Morgan fingerprint density at radius 3 is 2.51 bits per heavy atom. The van der Waals surface area contributed by atoms with E-state index in [-0.39, 0.29) is 11.4 Å². The lowest BCUT2D eigenvalue weighted by Crippen LogP contribution is -2.26. The van der Waals surface area contributed by atoms with E-state index in [0.717, 1.165) is 10.9 Å². The van der Waals surface area contributed by atoms with Crippen molar-refractivity contribution in [3.63, 3.8) is 0 Å². The number of fused-ring (bicyclic) bond motifs is 1. The van der Waals surface area contributed by atoms with E-state index in [4.69, 9.17) is 32.7 Å². The van der Waals surface area contributed by atoms with Gasteiger partial charge in [-0.05, 0) is 57.2 Å². The van der Waals surface area contributed by atoms with Gasteiger partial charge in [0.1, 0.15) is 5.76 Å². The summed E-state index contributed by atoms with van der Waals surface area (Å²) < 4.78 is 35.1. The van der Waals surface area contributed by atoms with E-state index in [1.165, 1.54) is 17.6 Å². The van der Waals surface area contributed by atoms with Gasteiger partial charge in [0.05, 0.1) is 29.8 Å². The van der Waals surface area contributed by atoms with Gasteiger partial charge in [-0.25, -0.2) is 8.42 Å². The minimum absolute atomic E-state index is 0.132. The average Bonchev–Trinajstić information content (AvgIpc) is 3.46. The van der Waals surface area contributed by atoms with E-state index in [1.54, 1.807) is 54.1 Å². The molecule has 2 heterocycles. The first kappa shape index (κ1) is 27.1. The van der Waals surface area contributed by atoms with Gasteiger partial charge in [-0.15, -0.1) is 0 Å². The van der Waals surface area contributed by atoms with E-state index in [1.807, 2.05) is 13.8 Å². The van der Waals surface area contributed by atoms with Gasteiger partial charge in [0.15, 0.2) is 5.82 Å². The second-order valence-corrected chi connectivity index (χ2v) is 11.0. The fourth-order valence-corrected chi connectivity index (χ4v) is 5.43. The Kier molecular flexibility index (Phi) is 8.88. The second kappa shape index (κ2) is 11.5. The zero-order valence-electron chi connectivity index (χ0n) is 20.3. The molecule has 0 unspecified atom stereocenters. The van der Waals surface area contributed by atoms with Crippen LogP contribution in [0.5, 0.6) is 0 Å². The quantitative estimate of drug-likeness (QED) is 0.276. The molecule has 0 aliphatic heterocycles. The molecular weight excluding hydrogens is 507 g/mol. The topological polar surface area (TPSA) is 71.6 Å². The summed E-state index contributed by atoms with van der Waals surface area (Å²) in [6, 6.07) is 8.52. The van der Waals surface area contributed by atoms with Crippen LogP contribution in [0.25, 0.3) is 10.9 Å². The fraction of sp³-hybridized carbons (Fsp3) is 0.320. The van der Waals surface area contributed by atoms with Gasteiger partial charge < -0.3 is 9.32 Å². The predicted molar refractivity (Wildman–Crippen MR) is 143 cm³/mol. The third kappa shape index (κ3) is 5.83. The lowest BCUT2D eigenvalue weighted by atomic mass is 10.2. The molecule has 3 aromatic rings. The van der Waals surface area contributed by atoms with Gasteiger partial charge in [0.2, 0.25) is 10.0 Å². The first-order chi connectivity index (χ1) is 16.6. The molecular formula is C25H30Cl2N4O3S. The molecule has 3 rings (SSSR count). The van der Waals surface area contributed by atoms with Crippen LogP contribution < -0.4 is 4.90 Å². The molecule has 10 heteroatoms. The van der Waals surface area contributed by atoms with E-state index >= 15 is 0 Å². The van der Waals surface area contributed by atoms with Crippen LogP contribution in [0.2, 0.25) is 0 Å². The first-order valence-corrected chi connectivity index (χ1v) is 13.4. The van der Waals surface area contributed by atoms with Crippen molar-refractivity contribution in [2.45, 2.75) is 38.8 Å². The van der Waals surface area contributed by atoms with Crippen molar-refractivity contribution in [2.24, 2.45) is 0 Å². The van der Waals surface area contributed by atoms with Crippen LogP contribution in [0.15, 0.2) is 80.3 Å². The third-order valence-electron chi connectivity index (χ3n) is 5.71. The van der Waals surface area contributed by atoms with Crippen LogP contribution in [-0.2, 0) is 23.1 Å². The van der Waals surface area contributed by atoms with E-state index < -0.39 is 10.0 Å². The number of anilines is 1. The van der Waals surface area contributed by atoms with Crippen LogP contribution in [0, 0.1) is 0 Å². The van der Waals surface area contributed by atoms with Crippen molar-refractivity contribution in [2.75, 3.05) is 25.0 Å². The Morgan fingerprint density at radius 2 is 1.94 bits per heavy atom. The Morgan fingerprint density at radius 1 is 1.23 bits per heavy atom. The summed E-state index contributed by atoms with van der Waals surface area (Å²) in [5.41, 5.74) is 1.48. The number of allylic oxidation sites excluding steroid dienone is 5. The van der Waals surface area contributed by atoms with E-state index in [9.17, 15) is 8.42 Å². The number of halogens is 2. The van der Waals surface area contributed by atoms with Crippen molar-refractivity contribution in [1.82, 2.24) is 14.1 Å². The fourth-order valence-electron chi connectivity index (χ4n) is 3.77. The molecule has 0 radical (unpaired) electrons. The standard InChI is InChI=1S/C25H30Cl2N4O3S/c1-6-10-23(27)22(18(4)26)17-31-24-13-12-20(15-21(24)25(28-31)30(7-2)8-3)35(32,33)29(5)16-19-11-9-14-34-19/h6,9-15H,1,7-8,16-17H2,2-5H3/b22-18+,23-10+. The van der Waals surface area contributed by atoms with Gasteiger partial charge in [-0.1, -0.05) is 35.9 Å². The highest BCUT2D eigenvalue weighted by molar-refractivity contribution is 7.89. The molecule has 2 aromatic heterocycles. The SMILES string of the molecule is C=C/C=C(Cl)\C(Cn1nc(N(CC)CC)c2cc(S(=O)(=O)N(C)Cc3ccco3)ccc21)=C(/C)Cl. The minimum Gasteiger partial charge on any atom is -0.468 e. The van der Waals surface area contributed by atoms with E-state index in [2.05, 4.69) is 11.5 Å². The molecule has 1 aromatic carbocycles. The molecule has 0 amide bonds. The number of rotatable bonds is 11. The Labute approximate surface area is 216 Å². The highest BCUT2D eigenvalue weighted by Gasteiger charge is 2.25. The van der Waals surface area contributed by atoms with Gasteiger partial charge in [-0.2, -0.15) is 9.40 Å². The highest BCUT2D eigenvalue weighted by Crippen LogP contribution is 2.32. The van der Waals surface area contributed by atoms with Crippen molar-refractivity contribution in [3.05, 3.63) is 76.7 Å². The Hall–Kier alpha value is -2.52. The summed E-state index contributed by atoms with van der Waals surface area (Å²) in [4.78, 5) is 2.26. The number of furan rings is 1. The molecule has 0 atom stereocenters. The number of hydrogen-bond donors (Lipinski definition) is 0. The molecule has 0 fully saturated rings. The van der Waals surface area contributed by atoms with Crippen LogP contribution in [0.1, 0.15) is 26.5 Å². The molecule has 0 bridgehead atoms. The summed E-state index contributed by atoms with van der Waals surface area (Å²) in [5.74, 6) is 1.26. The molecule has 0 N–H and O–H groups in total. The summed E-state index contributed by atoms with van der Waals surface area (Å²) in [7, 11) is -2.23. The normalized spacial score (nSPS) is 13.4. The van der Waals surface area contributed by atoms with Crippen LogP contribution >= 0.6 is 23.2 Å². The average molecular weight is 538 g/mol. The molecule has 188 valence electrons.